The predicted octanol–water partition coefficient (Wildman–Crippen LogP) is 2.39. The van der Waals surface area contributed by atoms with Crippen LogP contribution in [-0.2, 0) is 6.18 Å². The molecule has 0 saturated carbocycles. The van der Waals surface area contributed by atoms with E-state index in [0.29, 0.717) is 24.2 Å². The summed E-state index contributed by atoms with van der Waals surface area (Å²) in [5.41, 5.74) is -0.342. The van der Waals surface area contributed by atoms with Crippen LogP contribution in [0.5, 0.6) is 0 Å². The first-order valence-electron chi connectivity index (χ1n) is 6.97. The number of halogens is 3. The maximum Gasteiger partial charge on any atom is 0.435 e. The third kappa shape index (κ3) is 4.56. The average Bonchev–Trinajstić information content (AvgIpc) is 2.97. The second-order valence-electron chi connectivity index (χ2n) is 5.09. The van der Waals surface area contributed by atoms with E-state index in [1.807, 2.05) is 0 Å². The molecule has 0 aliphatic carbocycles. The topological polar surface area (TPSA) is 67.2 Å². The van der Waals surface area contributed by atoms with Crippen LogP contribution in [0.3, 0.4) is 0 Å². The third-order valence-corrected chi connectivity index (χ3v) is 3.10. The molecular formula is C15H16F3N3O2. The number of hydrogen-bond acceptors (Lipinski definition) is 3. The fourth-order valence-electron chi connectivity index (χ4n) is 1.91. The van der Waals surface area contributed by atoms with Gasteiger partial charge in [-0.1, -0.05) is 6.07 Å². The Bertz CT molecular complexity index is 681. The molecule has 1 unspecified atom stereocenters. The summed E-state index contributed by atoms with van der Waals surface area (Å²) in [4.78, 5) is 12.0. The minimum atomic E-state index is -4.51. The number of aliphatic hydroxyl groups is 1. The lowest BCUT2D eigenvalue weighted by Crippen LogP contribution is -2.26. The quantitative estimate of drug-likeness (QED) is 0.886. The van der Waals surface area contributed by atoms with E-state index in [-0.39, 0.29) is 5.91 Å². The molecule has 0 radical (unpaired) electrons. The van der Waals surface area contributed by atoms with Gasteiger partial charge in [-0.25, -0.2) is 4.68 Å². The smallest absolute Gasteiger partial charge is 0.393 e. The zero-order valence-electron chi connectivity index (χ0n) is 12.3. The number of hydrogen-bond donors (Lipinski definition) is 2. The molecule has 1 aromatic carbocycles. The number of nitrogens with zero attached hydrogens (tertiary/aromatic N) is 2. The molecule has 2 N–H and O–H groups in total. The first-order chi connectivity index (χ1) is 10.8. The number of benzene rings is 1. The van der Waals surface area contributed by atoms with Crippen molar-refractivity contribution in [1.82, 2.24) is 15.1 Å². The molecule has 2 rings (SSSR count). The van der Waals surface area contributed by atoms with Crippen molar-refractivity contribution in [2.45, 2.75) is 25.6 Å². The van der Waals surface area contributed by atoms with E-state index >= 15 is 0 Å². The molecule has 124 valence electrons. The van der Waals surface area contributed by atoms with E-state index in [1.165, 1.54) is 12.3 Å². The Kier molecular flexibility index (Phi) is 5.05. The van der Waals surface area contributed by atoms with Crippen molar-refractivity contribution < 1.29 is 23.1 Å². The first kappa shape index (κ1) is 17.0. The molecule has 0 aliphatic heterocycles. The van der Waals surface area contributed by atoms with Gasteiger partial charge in [-0.2, -0.15) is 18.3 Å². The van der Waals surface area contributed by atoms with Gasteiger partial charge < -0.3 is 10.4 Å². The molecule has 0 aliphatic rings. The molecule has 1 heterocycles. The van der Waals surface area contributed by atoms with Crippen molar-refractivity contribution in [2.24, 2.45) is 0 Å². The van der Waals surface area contributed by atoms with Gasteiger partial charge in [0.25, 0.3) is 5.91 Å². The lowest BCUT2D eigenvalue weighted by atomic mass is 10.2. The fraction of sp³-hybridized carbons (Fsp3) is 0.333. The number of aromatic nitrogens is 2. The van der Waals surface area contributed by atoms with Gasteiger partial charge in [0.05, 0.1) is 11.8 Å². The zero-order valence-corrected chi connectivity index (χ0v) is 12.3. The third-order valence-electron chi connectivity index (χ3n) is 3.10. The zero-order chi connectivity index (χ0) is 17.0. The number of carbonyl (C=O) groups excluding carboxylic acids is 1. The number of nitrogens with one attached hydrogen (secondary N) is 1. The van der Waals surface area contributed by atoms with E-state index < -0.39 is 18.0 Å². The lowest BCUT2D eigenvalue weighted by Gasteiger charge is -2.08. The Morgan fingerprint density at radius 3 is 2.74 bits per heavy atom. The largest absolute Gasteiger partial charge is 0.435 e. The summed E-state index contributed by atoms with van der Waals surface area (Å²) in [5.74, 6) is -0.365. The van der Waals surface area contributed by atoms with Gasteiger partial charge in [0, 0.05) is 18.3 Å². The number of aliphatic hydroxyl groups excluding tert-OH is 1. The molecule has 1 atom stereocenters. The number of alkyl halides is 3. The van der Waals surface area contributed by atoms with Gasteiger partial charge in [-0.3, -0.25) is 4.79 Å². The second-order valence-corrected chi connectivity index (χ2v) is 5.09. The highest BCUT2D eigenvalue weighted by atomic mass is 19.4. The van der Waals surface area contributed by atoms with Crippen molar-refractivity contribution in [3.8, 4) is 5.69 Å². The van der Waals surface area contributed by atoms with Gasteiger partial charge in [0.15, 0.2) is 5.69 Å². The highest BCUT2D eigenvalue weighted by Gasteiger charge is 2.33. The Labute approximate surface area is 130 Å². The predicted molar refractivity (Wildman–Crippen MR) is 77.2 cm³/mol. The van der Waals surface area contributed by atoms with E-state index in [9.17, 15) is 18.0 Å². The van der Waals surface area contributed by atoms with Crippen LogP contribution in [-0.4, -0.2) is 33.4 Å². The molecule has 0 fully saturated rings. The second kappa shape index (κ2) is 6.82. The fourth-order valence-corrected chi connectivity index (χ4v) is 1.91. The molecule has 23 heavy (non-hydrogen) atoms. The Balaban J connectivity index is 2.13. The van der Waals surface area contributed by atoms with Crippen LogP contribution in [0.15, 0.2) is 36.5 Å². The molecule has 1 amide bonds. The Morgan fingerprint density at radius 2 is 2.13 bits per heavy atom. The number of amides is 1. The summed E-state index contributed by atoms with van der Waals surface area (Å²) in [7, 11) is 0. The van der Waals surface area contributed by atoms with Crippen molar-refractivity contribution >= 4 is 5.91 Å². The molecular weight excluding hydrogens is 311 g/mol. The van der Waals surface area contributed by atoms with E-state index in [0.717, 1.165) is 10.7 Å². The highest BCUT2D eigenvalue weighted by molar-refractivity contribution is 5.94. The lowest BCUT2D eigenvalue weighted by molar-refractivity contribution is -0.141. The Morgan fingerprint density at radius 1 is 1.39 bits per heavy atom. The summed E-state index contributed by atoms with van der Waals surface area (Å²) in [5, 5.41) is 15.2. The molecule has 2 aromatic rings. The monoisotopic (exact) mass is 327 g/mol. The summed E-state index contributed by atoms with van der Waals surface area (Å²) in [6.07, 6.45) is -3.43. The maximum atomic E-state index is 12.6. The van der Waals surface area contributed by atoms with Crippen molar-refractivity contribution in [1.29, 1.82) is 0 Å². The summed E-state index contributed by atoms with van der Waals surface area (Å²) in [6, 6.07) is 6.99. The van der Waals surface area contributed by atoms with Crippen LogP contribution < -0.4 is 5.32 Å². The molecule has 0 saturated heterocycles. The Hall–Kier alpha value is -2.35. The van der Waals surface area contributed by atoms with E-state index in [1.54, 1.807) is 25.1 Å². The average molecular weight is 327 g/mol. The maximum absolute atomic E-state index is 12.6. The van der Waals surface area contributed by atoms with Gasteiger partial charge in [-0.15, -0.1) is 0 Å². The standard InChI is InChI=1S/C15H16F3N3O2/c1-10(22)5-7-19-14(23)11-3-2-4-12(9-11)21-8-6-13(20-21)15(16,17)18/h2-4,6,8-10,22H,5,7H2,1H3,(H,19,23). The normalized spacial score (nSPS) is 12.9. The summed E-state index contributed by atoms with van der Waals surface area (Å²) < 4.78 is 38.8. The van der Waals surface area contributed by atoms with Crippen LogP contribution in [0.25, 0.3) is 5.69 Å². The molecule has 1 aromatic heterocycles. The molecule has 5 nitrogen and oxygen atoms in total. The van der Waals surface area contributed by atoms with E-state index in [4.69, 9.17) is 5.11 Å². The van der Waals surface area contributed by atoms with Crippen LogP contribution in [0, 0.1) is 0 Å². The number of carbonyl (C=O) groups is 1. The molecule has 8 heteroatoms. The SMILES string of the molecule is CC(O)CCNC(=O)c1cccc(-n2ccc(C(F)(F)F)n2)c1. The molecule has 0 bridgehead atoms. The van der Waals surface area contributed by atoms with Crippen molar-refractivity contribution in [2.75, 3.05) is 6.54 Å². The van der Waals surface area contributed by atoms with Gasteiger partial charge in [0.2, 0.25) is 0 Å². The van der Waals surface area contributed by atoms with Crippen LogP contribution in [0.2, 0.25) is 0 Å². The van der Waals surface area contributed by atoms with Gasteiger partial charge in [-0.05, 0) is 37.6 Å². The van der Waals surface area contributed by atoms with Crippen LogP contribution in [0.4, 0.5) is 13.2 Å². The van der Waals surface area contributed by atoms with E-state index in [2.05, 4.69) is 10.4 Å². The first-order valence-corrected chi connectivity index (χ1v) is 6.97. The molecule has 0 spiro atoms. The van der Waals surface area contributed by atoms with Gasteiger partial charge >= 0.3 is 6.18 Å². The number of rotatable bonds is 5. The van der Waals surface area contributed by atoms with Crippen LogP contribution in [0.1, 0.15) is 29.4 Å². The van der Waals surface area contributed by atoms with Gasteiger partial charge in [0.1, 0.15) is 0 Å². The van der Waals surface area contributed by atoms with Crippen molar-refractivity contribution in [3.63, 3.8) is 0 Å². The minimum absolute atomic E-state index is 0.303. The minimum Gasteiger partial charge on any atom is -0.393 e. The van der Waals surface area contributed by atoms with Crippen molar-refractivity contribution in [3.05, 3.63) is 47.8 Å². The summed E-state index contributed by atoms with van der Waals surface area (Å²) >= 11 is 0. The van der Waals surface area contributed by atoms with Crippen LogP contribution >= 0.6 is 0 Å². The summed E-state index contributed by atoms with van der Waals surface area (Å²) in [6.45, 7) is 1.92. The highest BCUT2D eigenvalue weighted by Crippen LogP contribution is 2.27.